The number of hydrogen-bond acceptors (Lipinski definition) is 4. The van der Waals surface area contributed by atoms with Crippen molar-refractivity contribution in [2.45, 2.75) is 38.5 Å². The monoisotopic (exact) mass is 352 g/mol. The summed E-state index contributed by atoms with van der Waals surface area (Å²) < 4.78 is 24.0. The van der Waals surface area contributed by atoms with Crippen molar-refractivity contribution in [3.63, 3.8) is 0 Å². The van der Waals surface area contributed by atoms with Gasteiger partial charge in [-0.05, 0) is 37.1 Å². The molecule has 1 amide bonds. The third kappa shape index (κ3) is 3.30. The lowest BCUT2D eigenvalue weighted by Gasteiger charge is -2.25. The zero-order chi connectivity index (χ0) is 16.8. The molecule has 1 aromatic rings. The van der Waals surface area contributed by atoms with Crippen LogP contribution in [0.1, 0.15) is 24.5 Å². The number of rotatable bonds is 2. The van der Waals surface area contributed by atoms with Crippen LogP contribution in [0.2, 0.25) is 0 Å². The van der Waals surface area contributed by atoms with Crippen molar-refractivity contribution in [2.24, 2.45) is 4.99 Å². The molecule has 2 aliphatic rings. The van der Waals surface area contributed by atoms with Crippen LogP contribution in [0, 0.1) is 13.8 Å². The number of amides is 1. The van der Waals surface area contributed by atoms with Gasteiger partial charge in [0.2, 0.25) is 5.91 Å². The fraction of sp³-hybridized carbons (Fsp3) is 0.500. The number of carbonyl (C=O) groups is 1. The molecule has 0 saturated carbocycles. The molecule has 0 spiro atoms. The van der Waals surface area contributed by atoms with E-state index in [0.29, 0.717) is 11.6 Å². The van der Waals surface area contributed by atoms with Crippen LogP contribution >= 0.6 is 11.8 Å². The number of fused-ring (bicyclic) bond motifs is 1. The Morgan fingerprint density at radius 3 is 2.52 bits per heavy atom. The summed E-state index contributed by atoms with van der Waals surface area (Å²) in [6.07, 6.45) is 0.346. The number of aryl methyl sites for hydroxylation is 2. The van der Waals surface area contributed by atoms with Crippen molar-refractivity contribution in [3.05, 3.63) is 29.3 Å². The Morgan fingerprint density at radius 1 is 1.26 bits per heavy atom. The highest BCUT2D eigenvalue weighted by Crippen LogP contribution is 2.41. The fourth-order valence-corrected chi connectivity index (χ4v) is 7.07. The second-order valence-electron chi connectivity index (χ2n) is 6.16. The number of benzene rings is 1. The molecule has 2 atom stereocenters. The van der Waals surface area contributed by atoms with Crippen molar-refractivity contribution in [2.75, 3.05) is 16.4 Å². The quantitative estimate of drug-likeness (QED) is 0.817. The van der Waals surface area contributed by atoms with Gasteiger partial charge in [-0.25, -0.2) is 8.42 Å². The van der Waals surface area contributed by atoms with Gasteiger partial charge in [-0.15, -0.1) is 0 Å². The fourth-order valence-electron chi connectivity index (χ4n) is 3.14. The molecule has 0 aromatic heterocycles. The summed E-state index contributed by atoms with van der Waals surface area (Å²) >= 11 is 1.42. The van der Waals surface area contributed by atoms with Crippen molar-refractivity contribution in [3.8, 4) is 0 Å². The Balaban J connectivity index is 2.06. The minimum Gasteiger partial charge on any atom is -0.316 e. The summed E-state index contributed by atoms with van der Waals surface area (Å²) in [4.78, 5) is 17.9. The van der Waals surface area contributed by atoms with Crippen molar-refractivity contribution in [1.29, 1.82) is 0 Å². The highest BCUT2D eigenvalue weighted by molar-refractivity contribution is 8.16. The Labute approximate surface area is 141 Å². The third-order valence-corrected chi connectivity index (χ3v) is 7.28. The maximum Gasteiger partial charge on any atom is 0.247 e. The lowest BCUT2D eigenvalue weighted by atomic mass is 10.1. The molecule has 2 fully saturated rings. The van der Waals surface area contributed by atoms with Crippen LogP contribution in [-0.2, 0) is 14.6 Å². The van der Waals surface area contributed by atoms with Crippen LogP contribution in [0.4, 0.5) is 5.69 Å². The number of thioether (sulfide) groups is 1. The van der Waals surface area contributed by atoms with Gasteiger partial charge in [-0.1, -0.05) is 24.8 Å². The van der Waals surface area contributed by atoms with Gasteiger partial charge in [-0.3, -0.25) is 4.79 Å². The van der Waals surface area contributed by atoms with Gasteiger partial charge in [0.05, 0.1) is 17.5 Å². The highest BCUT2D eigenvalue weighted by atomic mass is 32.2. The molecular formula is C16H20N2O3S2. The molecule has 2 saturated heterocycles. The van der Waals surface area contributed by atoms with Crippen LogP contribution in [-0.4, -0.2) is 42.3 Å². The molecule has 7 heteroatoms. The van der Waals surface area contributed by atoms with Gasteiger partial charge in [-0.2, -0.15) is 4.99 Å². The van der Waals surface area contributed by atoms with Crippen LogP contribution in [0.15, 0.2) is 23.2 Å². The third-order valence-electron chi connectivity index (χ3n) is 4.07. The summed E-state index contributed by atoms with van der Waals surface area (Å²) in [5.41, 5.74) is 3.13. The number of nitrogens with zero attached hydrogens (tertiary/aromatic N) is 2. The van der Waals surface area contributed by atoms with E-state index in [1.54, 1.807) is 6.92 Å². The van der Waals surface area contributed by atoms with Crippen LogP contribution in [0.25, 0.3) is 0 Å². The van der Waals surface area contributed by atoms with E-state index in [1.165, 1.54) is 11.8 Å². The van der Waals surface area contributed by atoms with E-state index in [4.69, 9.17) is 0 Å². The zero-order valence-corrected chi connectivity index (χ0v) is 15.1. The maximum atomic E-state index is 12.0. The average Bonchev–Trinajstić information content (AvgIpc) is 2.88. The summed E-state index contributed by atoms with van der Waals surface area (Å²) in [5, 5.41) is 0.580. The van der Waals surface area contributed by atoms with E-state index >= 15 is 0 Å². The maximum absolute atomic E-state index is 12.0. The number of aliphatic imine (C=N–C) groups is 1. The first-order chi connectivity index (χ1) is 10.8. The number of anilines is 1. The van der Waals surface area contributed by atoms with Gasteiger partial charge >= 0.3 is 0 Å². The van der Waals surface area contributed by atoms with Gasteiger partial charge in [0, 0.05) is 17.4 Å². The summed E-state index contributed by atoms with van der Waals surface area (Å²) in [6, 6.07) is 5.97. The smallest absolute Gasteiger partial charge is 0.247 e. The Morgan fingerprint density at radius 2 is 1.91 bits per heavy atom. The average molecular weight is 352 g/mol. The molecule has 3 rings (SSSR count). The second kappa shape index (κ2) is 5.94. The van der Waals surface area contributed by atoms with Gasteiger partial charge in [0.1, 0.15) is 0 Å². The van der Waals surface area contributed by atoms with E-state index in [2.05, 4.69) is 11.1 Å². The van der Waals surface area contributed by atoms with Crippen molar-refractivity contribution in [1.82, 2.24) is 0 Å². The molecule has 2 heterocycles. The minimum absolute atomic E-state index is 0.0516. The first-order valence-electron chi connectivity index (χ1n) is 7.65. The van der Waals surface area contributed by atoms with Crippen LogP contribution in [0.3, 0.4) is 0 Å². The SMILES string of the molecule is CCC(=O)N=C1S[C@@H]2CS(=O)(=O)C[C@H]2N1c1cc(C)cc(C)c1. The predicted octanol–water partition coefficient (Wildman–Crippen LogP) is 2.31. The number of carbonyl (C=O) groups excluding carboxylic acids is 1. The molecule has 1 aromatic carbocycles. The minimum atomic E-state index is -3.03. The number of sulfone groups is 1. The summed E-state index contributed by atoms with van der Waals surface area (Å²) in [5.74, 6) is 0.102. The number of amidine groups is 1. The van der Waals surface area contributed by atoms with Gasteiger partial charge in [0.25, 0.3) is 0 Å². The topological polar surface area (TPSA) is 66.8 Å². The van der Waals surface area contributed by atoms with Crippen molar-refractivity contribution < 1.29 is 13.2 Å². The van der Waals surface area contributed by atoms with E-state index < -0.39 is 9.84 Å². The molecule has 5 nitrogen and oxygen atoms in total. The summed E-state index contributed by atoms with van der Waals surface area (Å²) in [7, 11) is -3.03. The molecule has 23 heavy (non-hydrogen) atoms. The lowest BCUT2D eigenvalue weighted by Crippen LogP contribution is -2.37. The number of hydrogen-bond donors (Lipinski definition) is 0. The zero-order valence-electron chi connectivity index (χ0n) is 13.4. The van der Waals surface area contributed by atoms with Crippen molar-refractivity contribution >= 4 is 38.4 Å². The predicted molar refractivity (Wildman–Crippen MR) is 94.9 cm³/mol. The first kappa shape index (κ1) is 16.5. The normalized spacial score (nSPS) is 27.4. The first-order valence-corrected chi connectivity index (χ1v) is 10.4. The molecular weight excluding hydrogens is 332 g/mol. The molecule has 0 aliphatic carbocycles. The van der Waals surface area contributed by atoms with E-state index in [1.807, 2.05) is 30.9 Å². The van der Waals surface area contributed by atoms with Gasteiger partial charge < -0.3 is 4.90 Å². The molecule has 0 bridgehead atoms. The van der Waals surface area contributed by atoms with E-state index in [-0.39, 0.29) is 28.7 Å². The largest absolute Gasteiger partial charge is 0.316 e. The lowest BCUT2D eigenvalue weighted by molar-refractivity contribution is -0.117. The highest BCUT2D eigenvalue weighted by Gasteiger charge is 2.49. The Bertz CT molecular complexity index is 766. The van der Waals surface area contributed by atoms with Crippen LogP contribution in [0.5, 0.6) is 0 Å². The molecule has 2 aliphatic heterocycles. The molecule has 0 unspecified atom stereocenters. The molecule has 0 radical (unpaired) electrons. The molecule has 0 N–H and O–H groups in total. The molecule has 124 valence electrons. The van der Waals surface area contributed by atoms with Gasteiger partial charge in [0.15, 0.2) is 15.0 Å². The van der Waals surface area contributed by atoms with E-state index in [0.717, 1.165) is 16.8 Å². The second-order valence-corrected chi connectivity index (χ2v) is 9.52. The summed E-state index contributed by atoms with van der Waals surface area (Å²) in [6.45, 7) is 5.80. The Hall–Kier alpha value is -1.34. The van der Waals surface area contributed by atoms with Crippen LogP contribution < -0.4 is 4.90 Å². The standard InChI is InChI=1S/C16H20N2O3S2/c1-4-15(19)17-16-18(12-6-10(2)5-11(3)7-12)13-8-23(20,21)9-14(13)22-16/h5-7,13-14H,4,8-9H2,1-3H3/t13-,14-/m1/s1. The Kier molecular flexibility index (Phi) is 4.27. The van der Waals surface area contributed by atoms with E-state index in [9.17, 15) is 13.2 Å².